The lowest BCUT2D eigenvalue weighted by Gasteiger charge is -2.35. The van der Waals surface area contributed by atoms with Crippen LogP contribution in [0.1, 0.15) is 72.1 Å². The molecule has 7 atom stereocenters. The van der Waals surface area contributed by atoms with E-state index in [1.807, 2.05) is 0 Å². The zero-order valence-electron chi connectivity index (χ0n) is 14.9. The Morgan fingerprint density at radius 3 is 2.52 bits per heavy atom. The molecule has 0 aromatic rings. The number of hydrogen-bond acceptors (Lipinski definition) is 1. The van der Waals surface area contributed by atoms with E-state index in [4.69, 9.17) is 0 Å². The van der Waals surface area contributed by atoms with Crippen molar-refractivity contribution in [2.45, 2.75) is 78.2 Å². The third kappa shape index (κ3) is 3.84. The van der Waals surface area contributed by atoms with Crippen LogP contribution in [0.4, 0.5) is 0 Å². The average molecular weight is 292 g/mol. The molecule has 0 heterocycles. The summed E-state index contributed by atoms with van der Waals surface area (Å²) in [5.41, 5.74) is 0. The van der Waals surface area contributed by atoms with Crippen LogP contribution in [0.25, 0.3) is 0 Å². The monoisotopic (exact) mass is 291 g/mol. The molecule has 0 amide bonds. The fraction of sp³-hybridized carbons (Fsp3) is 1.00. The second kappa shape index (κ2) is 6.60. The van der Waals surface area contributed by atoms with Crippen molar-refractivity contribution in [1.29, 1.82) is 0 Å². The first kappa shape index (κ1) is 15.8. The van der Waals surface area contributed by atoms with Gasteiger partial charge < -0.3 is 4.90 Å². The highest BCUT2D eigenvalue weighted by atomic mass is 15.2. The van der Waals surface area contributed by atoms with E-state index in [0.29, 0.717) is 0 Å². The molecule has 0 bridgehead atoms. The third-order valence-electron chi connectivity index (χ3n) is 7.21. The van der Waals surface area contributed by atoms with Crippen LogP contribution >= 0.6 is 0 Å². The normalized spacial score (nSPS) is 43.3. The van der Waals surface area contributed by atoms with Crippen molar-refractivity contribution in [3.05, 3.63) is 0 Å². The van der Waals surface area contributed by atoms with E-state index in [-0.39, 0.29) is 0 Å². The Kier molecular flexibility index (Phi) is 4.98. The maximum atomic E-state index is 2.68. The van der Waals surface area contributed by atoms with Crippen LogP contribution in [0, 0.1) is 35.5 Å². The summed E-state index contributed by atoms with van der Waals surface area (Å²) in [6.07, 6.45) is 11.9. The zero-order chi connectivity index (χ0) is 15.0. The van der Waals surface area contributed by atoms with Crippen molar-refractivity contribution in [2.75, 3.05) is 13.6 Å². The molecule has 122 valence electrons. The van der Waals surface area contributed by atoms with Crippen molar-refractivity contribution in [2.24, 2.45) is 35.5 Å². The maximum Gasteiger partial charge on any atom is 0.0126 e. The smallest absolute Gasteiger partial charge is 0.0126 e. The van der Waals surface area contributed by atoms with Crippen LogP contribution in [-0.2, 0) is 0 Å². The highest BCUT2D eigenvalue weighted by molar-refractivity contribution is 5.07. The van der Waals surface area contributed by atoms with Crippen LogP contribution in [-0.4, -0.2) is 24.5 Å². The first-order valence-corrected chi connectivity index (χ1v) is 9.74. The van der Waals surface area contributed by atoms with Gasteiger partial charge in [0.1, 0.15) is 0 Å². The molecule has 1 heteroatoms. The lowest BCUT2D eigenvalue weighted by molar-refractivity contribution is 0.134. The molecule has 3 fully saturated rings. The average Bonchev–Trinajstić information content (AvgIpc) is 3.07. The molecule has 7 unspecified atom stereocenters. The standard InChI is InChI=1S/C20H37N/c1-14(6-8-17-11-15(2)5-7-16(17)3)9-10-21(4)20-13-18-12-19(18)20/h14-20H,5-13H2,1-4H3. The molecule has 0 saturated heterocycles. The summed E-state index contributed by atoms with van der Waals surface area (Å²) >= 11 is 0. The van der Waals surface area contributed by atoms with Gasteiger partial charge in [-0.1, -0.05) is 40.0 Å². The Balaban J connectivity index is 1.31. The third-order valence-corrected chi connectivity index (χ3v) is 7.21. The van der Waals surface area contributed by atoms with Crippen LogP contribution in [0.15, 0.2) is 0 Å². The largest absolute Gasteiger partial charge is 0.303 e. The highest BCUT2D eigenvalue weighted by Gasteiger charge is 2.54. The van der Waals surface area contributed by atoms with E-state index in [1.165, 1.54) is 51.5 Å². The van der Waals surface area contributed by atoms with E-state index in [2.05, 4.69) is 32.7 Å². The van der Waals surface area contributed by atoms with E-state index in [9.17, 15) is 0 Å². The molecular weight excluding hydrogens is 254 g/mol. The van der Waals surface area contributed by atoms with Gasteiger partial charge in [-0.05, 0) is 81.2 Å². The molecule has 3 rings (SSSR count). The van der Waals surface area contributed by atoms with Gasteiger partial charge in [-0.15, -0.1) is 0 Å². The molecule has 21 heavy (non-hydrogen) atoms. The summed E-state index contributed by atoms with van der Waals surface area (Å²) in [7, 11) is 2.37. The van der Waals surface area contributed by atoms with Crippen LogP contribution < -0.4 is 0 Å². The predicted octanol–water partition coefficient (Wildman–Crippen LogP) is 5.21. The Morgan fingerprint density at radius 2 is 1.86 bits per heavy atom. The molecule has 0 aliphatic heterocycles. The molecule has 0 aromatic carbocycles. The molecule has 0 spiro atoms. The Labute approximate surface area is 132 Å². The summed E-state index contributed by atoms with van der Waals surface area (Å²) in [6, 6.07) is 0.960. The first-order chi connectivity index (χ1) is 10.0. The second-order valence-electron chi connectivity index (χ2n) is 9.07. The number of hydrogen-bond donors (Lipinski definition) is 0. The molecule has 1 nitrogen and oxygen atoms in total. The van der Waals surface area contributed by atoms with Gasteiger partial charge >= 0.3 is 0 Å². The highest BCUT2D eigenvalue weighted by Crippen LogP contribution is 2.57. The quantitative estimate of drug-likeness (QED) is 0.622. The Hall–Kier alpha value is -0.0400. The first-order valence-electron chi connectivity index (χ1n) is 9.74. The summed E-state index contributed by atoms with van der Waals surface area (Å²) in [5, 5.41) is 0. The number of rotatable bonds is 7. The molecular formula is C20H37N. The van der Waals surface area contributed by atoms with Crippen LogP contribution in [0.3, 0.4) is 0 Å². The Morgan fingerprint density at radius 1 is 1.05 bits per heavy atom. The summed E-state index contributed by atoms with van der Waals surface area (Å²) in [5.74, 6) is 6.16. The van der Waals surface area contributed by atoms with Gasteiger partial charge in [0, 0.05) is 6.04 Å². The summed E-state index contributed by atoms with van der Waals surface area (Å²) in [6.45, 7) is 8.79. The van der Waals surface area contributed by atoms with Crippen LogP contribution in [0.5, 0.6) is 0 Å². The molecule has 0 N–H and O–H groups in total. The van der Waals surface area contributed by atoms with Gasteiger partial charge in [0.2, 0.25) is 0 Å². The van der Waals surface area contributed by atoms with Gasteiger partial charge in [-0.3, -0.25) is 0 Å². The van der Waals surface area contributed by atoms with Crippen molar-refractivity contribution < 1.29 is 0 Å². The predicted molar refractivity (Wildman–Crippen MR) is 91.3 cm³/mol. The van der Waals surface area contributed by atoms with Gasteiger partial charge in [-0.2, -0.15) is 0 Å². The van der Waals surface area contributed by atoms with Crippen molar-refractivity contribution in [3.8, 4) is 0 Å². The van der Waals surface area contributed by atoms with Crippen LogP contribution in [0.2, 0.25) is 0 Å². The van der Waals surface area contributed by atoms with Gasteiger partial charge in [-0.25, -0.2) is 0 Å². The summed E-state index contributed by atoms with van der Waals surface area (Å²) < 4.78 is 0. The minimum absolute atomic E-state index is 0.923. The van der Waals surface area contributed by atoms with Gasteiger partial charge in [0.05, 0.1) is 0 Å². The molecule has 3 saturated carbocycles. The topological polar surface area (TPSA) is 3.24 Å². The van der Waals surface area contributed by atoms with E-state index < -0.39 is 0 Å². The second-order valence-corrected chi connectivity index (χ2v) is 9.07. The lowest BCUT2D eigenvalue weighted by Crippen LogP contribution is -2.40. The fourth-order valence-electron chi connectivity index (χ4n) is 5.09. The molecule has 3 aliphatic carbocycles. The minimum atomic E-state index is 0.923. The van der Waals surface area contributed by atoms with Crippen molar-refractivity contribution in [3.63, 3.8) is 0 Å². The zero-order valence-corrected chi connectivity index (χ0v) is 14.9. The lowest BCUT2D eigenvalue weighted by atomic mass is 9.73. The fourth-order valence-corrected chi connectivity index (χ4v) is 5.09. The minimum Gasteiger partial charge on any atom is -0.303 e. The van der Waals surface area contributed by atoms with Crippen molar-refractivity contribution in [1.82, 2.24) is 4.90 Å². The van der Waals surface area contributed by atoms with Crippen molar-refractivity contribution >= 4 is 0 Å². The van der Waals surface area contributed by atoms with Gasteiger partial charge in [0.25, 0.3) is 0 Å². The Bertz CT molecular complexity index is 339. The summed E-state index contributed by atoms with van der Waals surface area (Å²) in [4.78, 5) is 2.68. The van der Waals surface area contributed by atoms with E-state index >= 15 is 0 Å². The molecule has 0 radical (unpaired) electrons. The molecule has 0 aromatic heterocycles. The molecule has 3 aliphatic rings. The van der Waals surface area contributed by atoms with E-state index in [0.717, 1.165) is 41.5 Å². The van der Waals surface area contributed by atoms with E-state index in [1.54, 1.807) is 6.42 Å². The van der Waals surface area contributed by atoms with Gasteiger partial charge in [0.15, 0.2) is 0 Å². The SMILES string of the molecule is CC(CCC1CC(C)CCC1C)CCN(C)C1CC2CC21. The maximum absolute atomic E-state index is 2.68. The number of nitrogens with zero attached hydrogens (tertiary/aromatic N) is 1. The number of fused-ring (bicyclic) bond motifs is 1.